The fraction of sp³-hybridized carbons (Fsp3) is 0.647. The molecule has 2 unspecified atom stereocenters. The van der Waals surface area contributed by atoms with Crippen molar-refractivity contribution in [1.29, 1.82) is 0 Å². The average molecular weight is 280 g/mol. The first kappa shape index (κ1) is 14.9. The van der Waals surface area contributed by atoms with E-state index in [1.165, 1.54) is 31.2 Å². The lowest BCUT2D eigenvalue weighted by molar-refractivity contribution is 0.292. The maximum absolute atomic E-state index is 6.39. The molecule has 0 heterocycles. The Morgan fingerprint density at radius 2 is 1.95 bits per heavy atom. The lowest BCUT2D eigenvalue weighted by Crippen LogP contribution is -2.31. The van der Waals surface area contributed by atoms with Crippen LogP contribution < -0.4 is 5.32 Å². The van der Waals surface area contributed by atoms with Gasteiger partial charge in [-0.3, -0.25) is 0 Å². The summed E-state index contributed by atoms with van der Waals surface area (Å²) in [5.41, 5.74) is 1.36. The van der Waals surface area contributed by atoms with Gasteiger partial charge in [-0.1, -0.05) is 56.5 Å². The molecule has 2 atom stereocenters. The molecule has 0 saturated heterocycles. The molecule has 0 bridgehead atoms. The molecule has 1 saturated carbocycles. The first-order valence-corrected chi connectivity index (χ1v) is 8.01. The van der Waals surface area contributed by atoms with Gasteiger partial charge in [0.15, 0.2) is 0 Å². The summed E-state index contributed by atoms with van der Waals surface area (Å²) in [6, 6.07) is 8.40. The highest BCUT2D eigenvalue weighted by atomic mass is 35.5. The first-order chi connectivity index (χ1) is 9.18. The van der Waals surface area contributed by atoms with Gasteiger partial charge in [0, 0.05) is 5.02 Å². The van der Waals surface area contributed by atoms with E-state index in [2.05, 4.69) is 31.3 Å². The predicted octanol–water partition coefficient (Wildman–Crippen LogP) is 4.86. The van der Waals surface area contributed by atoms with Gasteiger partial charge >= 0.3 is 0 Å². The van der Waals surface area contributed by atoms with E-state index >= 15 is 0 Å². The van der Waals surface area contributed by atoms with Crippen LogP contribution in [0.15, 0.2) is 24.3 Å². The van der Waals surface area contributed by atoms with Crippen LogP contribution in [-0.4, -0.2) is 13.1 Å². The minimum Gasteiger partial charge on any atom is -0.316 e. The van der Waals surface area contributed by atoms with Crippen molar-refractivity contribution >= 4 is 11.6 Å². The van der Waals surface area contributed by atoms with Gasteiger partial charge in [0.1, 0.15) is 0 Å². The normalized spacial score (nSPS) is 23.8. The molecule has 0 aromatic heterocycles. The monoisotopic (exact) mass is 279 g/mol. The van der Waals surface area contributed by atoms with Crippen LogP contribution in [0.5, 0.6) is 0 Å². The minimum absolute atomic E-state index is 0.641. The van der Waals surface area contributed by atoms with Gasteiger partial charge in [0.25, 0.3) is 0 Å². The van der Waals surface area contributed by atoms with Crippen LogP contribution in [0.25, 0.3) is 0 Å². The summed E-state index contributed by atoms with van der Waals surface area (Å²) >= 11 is 6.39. The molecule has 1 aromatic rings. The van der Waals surface area contributed by atoms with E-state index in [0.29, 0.717) is 5.92 Å². The SMILES string of the molecule is CC(C)CNCC1CCCCC1c1ccccc1Cl. The Morgan fingerprint density at radius 3 is 2.68 bits per heavy atom. The van der Waals surface area contributed by atoms with Gasteiger partial charge in [-0.15, -0.1) is 0 Å². The quantitative estimate of drug-likeness (QED) is 0.812. The molecule has 0 aliphatic heterocycles. The van der Waals surface area contributed by atoms with Crippen molar-refractivity contribution in [3.8, 4) is 0 Å². The van der Waals surface area contributed by atoms with E-state index in [1.54, 1.807) is 0 Å². The zero-order valence-electron chi connectivity index (χ0n) is 12.2. The molecule has 1 aliphatic rings. The summed E-state index contributed by atoms with van der Waals surface area (Å²) in [4.78, 5) is 0. The van der Waals surface area contributed by atoms with Crippen LogP contribution in [0.3, 0.4) is 0 Å². The topological polar surface area (TPSA) is 12.0 Å². The Bertz CT molecular complexity index is 389. The highest BCUT2D eigenvalue weighted by Gasteiger charge is 2.27. The van der Waals surface area contributed by atoms with E-state index in [4.69, 9.17) is 11.6 Å². The van der Waals surface area contributed by atoms with Crippen molar-refractivity contribution in [2.45, 2.75) is 45.4 Å². The highest BCUT2D eigenvalue weighted by Crippen LogP contribution is 2.40. The summed E-state index contributed by atoms with van der Waals surface area (Å²) in [5, 5.41) is 4.58. The number of hydrogen-bond donors (Lipinski definition) is 1. The maximum Gasteiger partial charge on any atom is 0.0440 e. The third-order valence-corrected chi connectivity index (χ3v) is 4.52. The van der Waals surface area contributed by atoms with Gasteiger partial charge in [0.05, 0.1) is 0 Å². The molecule has 0 radical (unpaired) electrons. The number of rotatable bonds is 5. The fourth-order valence-corrected chi connectivity index (χ4v) is 3.47. The summed E-state index contributed by atoms with van der Waals surface area (Å²) in [6.45, 7) is 6.78. The van der Waals surface area contributed by atoms with Crippen LogP contribution in [0.4, 0.5) is 0 Å². The summed E-state index contributed by atoms with van der Waals surface area (Å²) in [6.07, 6.45) is 5.34. The number of nitrogens with one attached hydrogen (secondary N) is 1. The summed E-state index contributed by atoms with van der Waals surface area (Å²) in [5.74, 6) is 2.11. The third-order valence-electron chi connectivity index (χ3n) is 4.17. The van der Waals surface area contributed by atoms with Crippen LogP contribution in [0.2, 0.25) is 5.02 Å². The first-order valence-electron chi connectivity index (χ1n) is 7.63. The lowest BCUT2D eigenvalue weighted by Gasteiger charge is -2.33. The number of halogens is 1. The zero-order valence-corrected chi connectivity index (χ0v) is 12.9. The van der Waals surface area contributed by atoms with E-state index in [0.717, 1.165) is 29.9 Å². The molecular formula is C17H26ClN. The lowest BCUT2D eigenvalue weighted by atomic mass is 9.75. The molecule has 0 spiro atoms. The van der Waals surface area contributed by atoms with Crippen molar-refractivity contribution in [2.24, 2.45) is 11.8 Å². The van der Waals surface area contributed by atoms with Crippen LogP contribution in [-0.2, 0) is 0 Å². The van der Waals surface area contributed by atoms with Crippen molar-refractivity contribution in [3.05, 3.63) is 34.9 Å². The van der Waals surface area contributed by atoms with Crippen LogP contribution in [0, 0.1) is 11.8 Å². The van der Waals surface area contributed by atoms with E-state index < -0.39 is 0 Å². The molecule has 0 amide bonds. The Kier molecular flexibility index (Phi) is 5.72. The van der Waals surface area contributed by atoms with E-state index in [9.17, 15) is 0 Å². The molecular weight excluding hydrogens is 254 g/mol. The van der Waals surface area contributed by atoms with Crippen molar-refractivity contribution < 1.29 is 0 Å². The fourth-order valence-electron chi connectivity index (χ4n) is 3.19. The summed E-state index contributed by atoms with van der Waals surface area (Å²) in [7, 11) is 0. The number of hydrogen-bond acceptors (Lipinski definition) is 1. The third kappa shape index (κ3) is 4.22. The largest absolute Gasteiger partial charge is 0.316 e. The molecule has 1 fully saturated rings. The van der Waals surface area contributed by atoms with Crippen LogP contribution >= 0.6 is 11.6 Å². The van der Waals surface area contributed by atoms with Gasteiger partial charge in [-0.25, -0.2) is 0 Å². The second-order valence-corrected chi connectivity index (χ2v) is 6.63. The van der Waals surface area contributed by atoms with Crippen molar-refractivity contribution in [3.63, 3.8) is 0 Å². The van der Waals surface area contributed by atoms with Crippen LogP contribution in [0.1, 0.15) is 51.0 Å². The van der Waals surface area contributed by atoms with Crippen molar-refractivity contribution in [1.82, 2.24) is 5.32 Å². The summed E-state index contributed by atoms with van der Waals surface area (Å²) < 4.78 is 0. The maximum atomic E-state index is 6.39. The van der Waals surface area contributed by atoms with Crippen molar-refractivity contribution in [2.75, 3.05) is 13.1 Å². The smallest absolute Gasteiger partial charge is 0.0440 e. The van der Waals surface area contributed by atoms with Gasteiger partial charge in [-0.2, -0.15) is 0 Å². The standard InChI is InChI=1S/C17H26ClN/c1-13(2)11-19-12-14-7-3-4-8-15(14)16-9-5-6-10-17(16)18/h5-6,9-10,13-15,19H,3-4,7-8,11-12H2,1-2H3. The molecule has 106 valence electrons. The van der Waals surface area contributed by atoms with Gasteiger partial charge in [-0.05, 0) is 55.3 Å². The van der Waals surface area contributed by atoms with E-state index in [1.807, 2.05) is 12.1 Å². The average Bonchev–Trinajstić information content (AvgIpc) is 2.40. The molecule has 1 N–H and O–H groups in total. The van der Waals surface area contributed by atoms with E-state index in [-0.39, 0.29) is 0 Å². The van der Waals surface area contributed by atoms with Gasteiger partial charge < -0.3 is 5.32 Å². The number of benzene rings is 1. The minimum atomic E-state index is 0.641. The molecule has 2 rings (SSSR count). The Morgan fingerprint density at radius 1 is 1.21 bits per heavy atom. The molecule has 1 nitrogen and oxygen atoms in total. The highest BCUT2D eigenvalue weighted by molar-refractivity contribution is 6.31. The molecule has 2 heteroatoms. The zero-order chi connectivity index (χ0) is 13.7. The second kappa shape index (κ2) is 7.31. The Labute approximate surface area is 122 Å². The second-order valence-electron chi connectivity index (χ2n) is 6.22. The Balaban J connectivity index is 2.02. The molecule has 1 aromatic carbocycles. The predicted molar refractivity (Wildman–Crippen MR) is 83.9 cm³/mol. The Hall–Kier alpha value is -0.530. The molecule has 1 aliphatic carbocycles. The molecule has 19 heavy (non-hydrogen) atoms. The van der Waals surface area contributed by atoms with Gasteiger partial charge in [0.2, 0.25) is 0 Å².